The molecule has 0 spiro atoms. The molecule has 0 aromatic rings. The molecule has 0 aromatic carbocycles. The number of carbonyl (C=O) groups is 2. The largest absolute Gasteiger partial charge is 0.356 e. The highest BCUT2D eigenvalue weighted by atomic mass is 16.2. The van der Waals surface area contributed by atoms with Crippen molar-refractivity contribution in [2.24, 2.45) is 23.2 Å². The van der Waals surface area contributed by atoms with E-state index >= 15 is 0 Å². The number of amides is 2. The van der Waals surface area contributed by atoms with Gasteiger partial charge in [0.2, 0.25) is 11.8 Å². The van der Waals surface area contributed by atoms with Crippen molar-refractivity contribution in [3.8, 4) is 6.07 Å². The summed E-state index contributed by atoms with van der Waals surface area (Å²) in [5.74, 6) is 2.34. The Balaban J connectivity index is 1.41. The van der Waals surface area contributed by atoms with E-state index in [4.69, 9.17) is 5.26 Å². The van der Waals surface area contributed by atoms with Gasteiger partial charge in [0.15, 0.2) is 0 Å². The van der Waals surface area contributed by atoms with Crippen molar-refractivity contribution in [2.45, 2.75) is 51.4 Å². The average Bonchev–Trinajstić information content (AvgIpc) is 2.45. The molecule has 0 heterocycles. The van der Waals surface area contributed by atoms with E-state index in [0.29, 0.717) is 13.1 Å². The minimum Gasteiger partial charge on any atom is -0.356 e. The summed E-state index contributed by atoms with van der Waals surface area (Å²) in [6.45, 7) is 1.12. The van der Waals surface area contributed by atoms with Gasteiger partial charge in [-0.1, -0.05) is 0 Å². The van der Waals surface area contributed by atoms with Gasteiger partial charge in [0, 0.05) is 18.5 Å². The number of hydrogen-bond acceptors (Lipinski definition) is 3. The fourth-order valence-corrected chi connectivity index (χ4v) is 5.23. The van der Waals surface area contributed by atoms with E-state index < -0.39 is 0 Å². The molecular weight excluding hydrogens is 278 g/mol. The zero-order valence-corrected chi connectivity index (χ0v) is 13.1. The van der Waals surface area contributed by atoms with Crippen LogP contribution in [0.4, 0.5) is 0 Å². The standard InChI is InChI=1S/C17H25N3O2/c18-3-2-15(21)19-4-1-5-20-16(22)17-9-12-6-13(10-17)8-14(7-12)11-17/h12-14H,1-2,4-11H2,(H,19,21)(H,20,22). The lowest BCUT2D eigenvalue weighted by molar-refractivity contribution is -0.146. The third kappa shape index (κ3) is 3.11. The van der Waals surface area contributed by atoms with E-state index in [1.807, 2.05) is 6.07 Å². The summed E-state index contributed by atoms with van der Waals surface area (Å²) < 4.78 is 0. The molecule has 5 heteroatoms. The number of hydrogen-bond donors (Lipinski definition) is 2. The van der Waals surface area contributed by atoms with Gasteiger partial charge in [0.05, 0.1) is 6.07 Å². The van der Waals surface area contributed by atoms with Crippen LogP contribution in [0.2, 0.25) is 0 Å². The third-order valence-corrected chi connectivity index (χ3v) is 5.72. The zero-order valence-electron chi connectivity index (χ0n) is 13.1. The molecule has 4 bridgehead atoms. The van der Waals surface area contributed by atoms with Gasteiger partial charge >= 0.3 is 0 Å². The van der Waals surface area contributed by atoms with Crippen LogP contribution in [0.15, 0.2) is 0 Å². The number of rotatable bonds is 6. The van der Waals surface area contributed by atoms with Crippen molar-refractivity contribution in [3.63, 3.8) is 0 Å². The Kier molecular flexibility index (Phi) is 4.37. The van der Waals surface area contributed by atoms with Crippen LogP contribution in [-0.4, -0.2) is 24.9 Å². The Hall–Kier alpha value is -1.57. The summed E-state index contributed by atoms with van der Waals surface area (Å²) in [6, 6.07) is 1.82. The second-order valence-corrected chi connectivity index (χ2v) is 7.49. The van der Waals surface area contributed by atoms with Crippen molar-refractivity contribution >= 4 is 11.8 Å². The molecule has 4 aliphatic carbocycles. The fourth-order valence-electron chi connectivity index (χ4n) is 5.23. The minimum absolute atomic E-state index is 0.0845. The molecule has 2 N–H and O–H groups in total. The Bertz CT molecular complexity index is 459. The van der Waals surface area contributed by atoms with Gasteiger partial charge in [-0.25, -0.2) is 0 Å². The smallest absolute Gasteiger partial charge is 0.234 e. The molecular formula is C17H25N3O2. The summed E-state index contributed by atoms with van der Waals surface area (Å²) in [7, 11) is 0. The third-order valence-electron chi connectivity index (χ3n) is 5.72. The first-order valence-corrected chi connectivity index (χ1v) is 8.53. The average molecular weight is 303 g/mol. The highest BCUT2D eigenvalue weighted by Gasteiger charge is 2.54. The molecule has 4 fully saturated rings. The van der Waals surface area contributed by atoms with E-state index in [9.17, 15) is 9.59 Å². The highest BCUT2D eigenvalue weighted by molar-refractivity contribution is 5.83. The van der Waals surface area contributed by atoms with E-state index in [2.05, 4.69) is 10.6 Å². The van der Waals surface area contributed by atoms with Gasteiger partial charge in [-0.3, -0.25) is 9.59 Å². The van der Waals surface area contributed by atoms with Crippen LogP contribution < -0.4 is 10.6 Å². The highest BCUT2D eigenvalue weighted by Crippen LogP contribution is 2.60. The van der Waals surface area contributed by atoms with E-state index in [1.54, 1.807) is 0 Å². The Labute approximate surface area is 131 Å². The topological polar surface area (TPSA) is 82.0 Å². The van der Waals surface area contributed by atoms with Gasteiger partial charge in [-0.15, -0.1) is 0 Å². The molecule has 0 unspecified atom stereocenters. The first-order chi connectivity index (χ1) is 10.6. The van der Waals surface area contributed by atoms with Crippen LogP contribution in [0.1, 0.15) is 51.4 Å². The molecule has 0 saturated heterocycles. The Morgan fingerprint density at radius 3 is 2.09 bits per heavy atom. The monoisotopic (exact) mass is 303 g/mol. The van der Waals surface area contributed by atoms with Gasteiger partial charge in [0.25, 0.3) is 0 Å². The molecule has 0 radical (unpaired) electrons. The lowest BCUT2D eigenvalue weighted by Crippen LogP contribution is -2.53. The molecule has 4 rings (SSSR count). The minimum atomic E-state index is -0.241. The first kappa shape index (κ1) is 15.3. The maximum absolute atomic E-state index is 12.7. The normalized spacial score (nSPS) is 35.0. The Morgan fingerprint density at radius 1 is 1.00 bits per heavy atom. The molecule has 2 amide bonds. The summed E-state index contributed by atoms with van der Waals surface area (Å²) in [5, 5.41) is 14.2. The van der Waals surface area contributed by atoms with E-state index in [1.165, 1.54) is 19.3 Å². The predicted octanol–water partition coefficient (Wildman–Crippen LogP) is 1.74. The number of carbonyl (C=O) groups excluding carboxylic acids is 2. The second kappa shape index (κ2) is 6.28. The molecule has 0 atom stereocenters. The van der Waals surface area contributed by atoms with Crippen LogP contribution in [0.3, 0.4) is 0 Å². The van der Waals surface area contributed by atoms with Crippen LogP contribution in [0.5, 0.6) is 0 Å². The van der Waals surface area contributed by atoms with Crippen LogP contribution in [0, 0.1) is 34.5 Å². The summed E-state index contributed by atoms with van der Waals surface area (Å²) in [6.07, 6.45) is 7.92. The van der Waals surface area contributed by atoms with Crippen LogP contribution in [0.25, 0.3) is 0 Å². The lowest BCUT2D eigenvalue weighted by Gasteiger charge is -2.55. The van der Waals surface area contributed by atoms with Gasteiger partial charge in [0.1, 0.15) is 6.42 Å². The zero-order chi connectivity index (χ0) is 15.6. The van der Waals surface area contributed by atoms with Crippen molar-refractivity contribution in [3.05, 3.63) is 0 Å². The fraction of sp³-hybridized carbons (Fsp3) is 0.824. The molecule has 120 valence electrons. The summed E-state index contributed by atoms with van der Waals surface area (Å²) >= 11 is 0. The van der Waals surface area contributed by atoms with Gasteiger partial charge in [-0.2, -0.15) is 5.26 Å². The quantitative estimate of drug-likeness (QED) is 0.733. The summed E-state index contributed by atoms with van der Waals surface area (Å²) in [4.78, 5) is 23.8. The van der Waals surface area contributed by atoms with E-state index in [-0.39, 0.29) is 23.7 Å². The van der Waals surface area contributed by atoms with Crippen LogP contribution in [-0.2, 0) is 9.59 Å². The molecule has 4 aliphatic rings. The first-order valence-electron chi connectivity index (χ1n) is 8.53. The van der Waals surface area contributed by atoms with Crippen molar-refractivity contribution in [1.29, 1.82) is 5.26 Å². The van der Waals surface area contributed by atoms with Crippen molar-refractivity contribution < 1.29 is 9.59 Å². The van der Waals surface area contributed by atoms with E-state index in [0.717, 1.165) is 43.4 Å². The molecule has 5 nitrogen and oxygen atoms in total. The van der Waals surface area contributed by atoms with Crippen molar-refractivity contribution in [2.75, 3.05) is 13.1 Å². The van der Waals surface area contributed by atoms with Crippen molar-refractivity contribution in [1.82, 2.24) is 10.6 Å². The molecule has 0 aromatic heterocycles. The SMILES string of the molecule is N#CCC(=O)NCCCNC(=O)C12CC3CC(CC(C3)C1)C2. The number of nitriles is 1. The number of nitrogens with one attached hydrogen (secondary N) is 2. The predicted molar refractivity (Wildman–Crippen MR) is 81.5 cm³/mol. The molecule has 4 saturated carbocycles. The molecule has 22 heavy (non-hydrogen) atoms. The van der Waals surface area contributed by atoms with Gasteiger partial charge in [-0.05, 0) is 62.7 Å². The summed E-state index contributed by atoms with van der Waals surface area (Å²) in [5.41, 5.74) is -0.0845. The lowest BCUT2D eigenvalue weighted by atomic mass is 9.49. The second-order valence-electron chi connectivity index (χ2n) is 7.49. The maximum atomic E-state index is 12.7. The van der Waals surface area contributed by atoms with Crippen LogP contribution >= 0.6 is 0 Å². The van der Waals surface area contributed by atoms with Gasteiger partial charge < -0.3 is 10.6 Å². The molecule has 0 aliphatic heterocycles. The Morgan fingerprint density at radius 2 is 1.55 bits per heavy atom. The number of nitrogens with zero attached hydrogens (tertiary/aromatic N) is 1. The maximum Gasteiger partial charge on any atom is 0.234 e.